The van der Waals surface area contributed by atoms with E-state index in [9.17, 15) is 0 Å². The first-order chi connectivity index (χ1) is 13.5. The monoisotopic (exact) mass is 398 g/mol. The third-order valence-corrected chi connectivity index (χ3v) is 10.9. The standard InChI is InChI=1S/C26H38OS/c1-25-15-13-23-22(12-7-18-6-4-5-14-26(18,23)2)24(25)16-21(17-25)28-20-10-8-19(27-3)9-11-20/h8-11,18,21-24H,4-7,12-17H2,1-3H3/t18-,21+,22-,23+,24+,25-,26+/m1/s1. The highest BCUT2D eigenvalue weighted by Gasteiger charge is 2.58. The number of hydrogen-bond acceptors (Lipinski definition) is 2. The predicted octanol–water partition coefficient (Wildman–Crippen LogP) is 7.59. The molecule has 0 aromatic heterocycles. The van der Waals surface area contributed by atoms with Crippen LogP contribution in [0.15, 0.2) is 29.2 Å². The summed E-state index contributed by atoms with van der Waals surface area (Å²) in [5, 5.41) is 0.805. The van der Waals surface area contributed by atoms with Crippen molar-refractivity contribution in [3.8, 4) is 5.75 Å². The lowest BCUT2D eigenvalue weighted by Gasteiger charge is -2.60. The molecule has 7 atom stereocenters. The molecule has 1 nitrogen and oxygen atoms in total. The van der Waals surface area contributed by atoms with Crippen molar-refractivity contribution in [1.29, 1.82) is 0 Å². The number of thioether (sulfide) groups is 1. The molecule has 4 fully saturated rings. The minimum absolute atomic E-state index is 0.600. The maximum atomic E-state index is 5.34. The molecule has 0 N–H and O–H groups in total. The molecule has 1 aromatic rings. The Morgan fingerprint density at radius 1 is 0.929 bits per heavy atom. The van der Waals surface area contributed by atoms with E-state index in [-0.39, 0.29) is 0 Å². The van der Waals surface area contributed by atoms with Gasteiger partial charge in [-0.05, 0) is 110 Å². The summed E-state index contributed by atoms with van der Waals surface area (Å²) in [6, 6.07) is 8.75. The van der Waals surface area contributed by atoms with Crippen LogP contribution < -0.4 is 4.74 Å². The van der Waals surface area contributed by atoms with Crippen molar-refractivity contribution >= 4 is 11.8 Å². The Labute approximate surface area is 176 Å². The summed E-state index contributed by atoms with van der Waals surface area (Å²) in [5.41, 5.74) is 1.27. The molecule has 0 radical (unpaired) electrons. The number of rotatable bonds is 3. The van der Waals surface area contributed by atoms with E-state index in [1.54, 1.807) is 7.11 Å². The second kappa shape index (κ2) is 7.25. The summed E-state index contributed by atoms with van der Waals surface area (Å²) in [6.45, 7) is 5.35. The maximum Gasteiger partial charge on any atom is 0.118 e. The summed E-state index contributed by atoms with van der Waals surface area (Å²) in [4.78, 5) is 1.42. The highest BCUT2D eigenvalue weighted by Crippen LogP contribution is 2.67. The lowest BCUT2D eigenvalue weighted by molar-refractivity contribution is -0.103. The fourth-order valence-corrected chi connectivity index (χ4v) is 9.67. The van der Waals surface area contributed by atoms with Crippen LogP contribution in [0.25, 0.3) is 0 Å². The van der Waals surface area contributed by atoms with Crippen molar-refractivity contribution in [2.75, 3.05) is 7.11 Å². The zero-order valence-electron chi connectivity index (χ0n) is 18.1. The first-order valence-corrected chi connectivity index (χ1v) is 12.7. The van der Waals surface area contributed by atoms with E-state index < -0.39 is 0 Å². The van der Waals surface area contributed by atoms with Gasteiger partial charge in [0.2, 0.25) is 0 Å². The van der Waals surface area contributed by atoms with Gasteiger partial charge in [0.15, 0.2) is 0 Å². The van der Waals surface area contributed by atoms with Gasteiger partial charge in [0.1, 0.15) is 5.75 Å². The molecular weight excluding hydrogens is 360 g/mol. The van der Waals surface area contributed by atoms with Gasteiger partial charge in [-0.25, -0.2) is 0 Å². The van der Waals surface area contributed by atoms with Gasteiger partial charge in [-0.2, -0.15) is 0 Å². The van der Waals surface area contributed by atoms with Crippen molar-refractivity contribution < 1.29 is 4.74 Å². The first-order valence-electron chi connectivity index (χ1n) is 11.8. The summed E-state index contributed by atoms with van der Waals surface area (Å²) in [6.07, 6.45) is 15.0. The van der Waals surface area contributed by atoms with E-state index in [2.05, 4.69) is 49.9 Å². The van der Waals surface area contributed by atoms with Crippen LogP contribution in [0.5, 0.6) is 5.75 Å². The summed E-state index contributed by atoms with van der Waals surface area (Å²) in [7, 11) is 1.75. The van der Waals surface area contributed by atoms with Gasteiger partial charge in [0, 0.05) is 10.1 Å². The maximum absolute atomic E-state index is 5.34. The molecule has 1 aromatic carbocycles. The van der Waals surface area contributed by atoms with E-state index in [4.69, 9.17) is 4.74 Å². The fourth-order valence-electron chi connectivity index (χ4n) is 8.23. The molecule has 0 bridgehead atoms. The predicted molar refractivity (Wildman–Crippen MR) is 119 cm³/mol. The van der Waals surface area contributed by atoms with Crippen LogP contribution in [-0.2, 0) is 0 Å². The molecule has 5 rings (SSSR count). The Kier molecular flexibility index (Phi) is 5.01. The summed E-state index contributed by atoms with van der Waals surface area (Å²) in [5.74, 6) is 5.02. The SMILES string of the molecule is COc1ccc(S[C@H]2C[C@H]3[C@@H]4CC[C@H]5CCCC[C@]5(C)[C@H]4CC[C@]3(C)C2)cc1. The van der Waals surface area contributed by atoms with Gasteiger partial charge >= 0.3 is 0 Å². The van der Waals surface area contributed by atoms with Crippen LogP contribution in [0.2, 0.25) is 0 Å². The molecule has 4 aliphatic rings. The fraction of sp³-hybridized carbons (Fsp3) is 0.769. The topological polar surface area (TPSA) is 9.23 Å². The average molecular weight is 399 g/mol. The molecule has 0 unspecified atom stereocenters. The number of methoxy groups -OCH3 is 1. The quantitative estimate of drug-likeness (QED) is 0.518. The highest BCUT2D eigenvalue weighted by atomic mass is 32.2. The molecular formula is C26H38OS. The van der Waals surface area contributed by atoms with Gasteiger partial charge in [0.05, 0.1) is 7.11 Å². The van der Waals surface area contributed by atoms with Crippen LogP contribution in [0.3, 0.4) is 0 Å². The van der Waals surface area contributed by atoms with E-state index >= 15 is 0 Å². The minimum Gasteiger partial charge on any atom is -0.497 e. The lowest BCUT2D eigenvalue weighted by atomic mass is 9.45. The molecule has 0 aliphatic heterocycles. The number of hydrogen-bond donors (Lipinski definition) is 0. The van der Waals surface area contributed by atoms with Crippen LogP contribution in [0, 0.1) is 34.5 Å². The van der Waals surface area contributed by atoms with Crippen molar-refractivity contribution in [3.63, 3.8) is 0 Å². The van der Waals surface area contributed by atoms with Crippen molar-refractivity contribution in [2.24, 2.45) is 34.5 Å². The molecule has 0 amide bonds. The molecule has 0 saturated heterocycles. The molecule has 154 valence electrons. The molecule has 4 aliphatic carbocycles. The Morgan fingerprint density at radius 2 is 1.75 bits per heavy atom. The second-order valence-corrected chi connectivity index (χ2v) is 12.3. The third-order valence-electron chi connectivity index (χ3n) is 9.67. The number of benzene rings is 1. The summed E-state index contributed by atoms with van der Waals surface area (Å²) < 4.78 is 5.34. The molecule has 2 heteroatoms. The van der Waals surface area contributed by atoms with Gasteiger partial charge in [0.25, 0.3) is 0 Å². The zero-order chi connectivity index (χ0) is 19.4. The van der Waals surface area contributed by atoms with Gasteiger partial charge in [-0.1, -0.05) is 26.7 Å². The van der Waals surface area contributed by atoms with E-state index in [1.807, 2.05) is 0 Å². The largest absolute Gasteiger partial charge is 0.497 e. The number of ether oxygens (including phenoxy) is 1. The van der Waals surface area contributed by atoms with Gasteiger partial charge in [-0.15, -0.1) is 11.8 Å². The van der Waals surface area contributed by atoms with Crippen molar-refractivity contribution in [1.82, 2.24) is 0 Å². The Balaban J connectivity index is 1.32. The van der Waals surface area contributed by atoms with Gasteiger partial charge < -0.3 is 4.74 Å². The molecule has 28 heavy (non-hydrogen) atoms. The van der Waals surface area contributed by atoms with E-state index in [0.29, 0.717) is 10.8 Å². The van der Waals surface area contributed by atoms with Crippen LogP contribution >= 0.6 is 11.8 Å². The summed E-state index contributed by atoms with van der Waals surface area (Å²) >= 11 is 2.14. The van der Waals surface area contributed by atoms with E-state index in [1.165, 1.54) is 69.1 Å². The minimum atomic E-state index is 0.600. The van der Waals surface area contributed by atoms with Crippen molar-refractivity contribution in [3.05, 3.63) is 24.3 Å². The van der Waals surface area contributed by atoms with Crippen LogP contribution in [0.1, 0.15) is 78.1 Å². The van der Waals surface area contributed by atoms with Gasteiger partial charge in [-0.3, -0.25) is 0 Å². The third kappa shape index (κ3) is 3.13. The second-order valence-electron chi connectivity index (χ2n) is 11.0. The van der Waals surface area contributed by atoms with E-state index in [0.717, 1.165) is 34.7 Å². The Hall–Kier alpha value is -0.630. The molecule has 0 spiro atoms. The highest BCUT2D eigenvalue weighted by molar-refractivity contribution is 8.00. The number of fused-ring (bicyclic) bond motifs is 5. The van der Waals surface area contributed by atoms with Crippen LogP contribution in [-0.4, -0.2) is 12.4 Å². The molecule has 4 saturated carbocycles. The van der Waals surface area contributed by atoms with Crippen LogP contribution in [0.4, 0.5) is 0 Å². The van der Waals surface area contributed by atoms with Crippen molar-refractivity contribution in [2.45, 2.75) is 88.2 Å². The Morgan fingerprint density at radius 3 is 2.54 bits per heavy atom. The average Bonchev–Trinajstić information content (AvgIpc) is 3.04. The smallest absolute Gasteiger partial charge is 0.118 e. The first kappa shape index (κ1) is 19.3. The molecule has 0 heterocycles. The zero-order valence-corrected chi connectivity index (χ0v) is 18.9. The normalized spacial score (nSPS) is 45.0. The Bertz CT molecular complexity index is 699. The lowest BCUT2D eigenvalue weighted by Crippen LogP contribution is -2.51.